The highest BCUT2D eigenvalue weighted by molar-refractivity contribution is 9.10. The summed E-state index contributed by atoms with van der Waals surface area (Å²) in [6.07, 6.45) is 4.77. The van der Waals surface area contributed by atoms with Gasteiger partial charge >= 0.3 is 0 Å². The molecule has 1 aromatic heterocycles. The topological polar surface area (TPSA) is 408 Å². The molecule has 0 aliphatic rings. The summed E-state index contributed by atoms with van der Waals surface area (Å²) >= 11 is 37.8. The molecule has 2 unspecified atom stereocenters. The molecule has 0 radical (unpaired) electrons. The fourth-order valence-electron chi connectivity index (χ4n) is 11.9. The molecule has 0 fully saturated rings. The molecular formula is C105H129BrCl6N12O15. The van der Waals surface area contributed by atoms with Gasteiger partial charge in [0.15, 0.2) is 0 Å². The molecule has 0 saturated carbocycles. The molecule has 9 aromatic rings. The number of carbonyl (C=O) groups is 9. The normalized spacial score (nSPS) is 11.8. The van der Waals surface area contributed by atoms with Gasteiger partial charge in [-0.2, -0.15) is 5.10 Å². The number of nitrogens with two attached hydrogens (primary N) is 2. The van der Waals surface area contributed by atoms with Gasteiger partial charge in [-0.3, -0.25) is 59.9 Å². The van der Waals surface area contributed by atoms with Crippen molar-refractivity contribution in [1.29, 1.82) is 0 Å². The first-order chi connectivity index (χ1) is 65.8. The Hall–Kier alpha value is -11.7. The first-order valence-electron chi connectivity index (χ1n) is 44.6. The summed E-state index contributed by atoms with van der Waals surface area (Å²) in [6, 6.07) is 48.2. The highest BCUT2D eigenvalue weighted by atomic mass is 79.9. The average molecular weight is 2090 g/mol. The number of aliphatic hydroxyl groups excluding tert-OH is 2. The number of rotatable bonds is 33. The third-order valence-corrected chi connectivity index (χ3v) is 21.1. The number of amides is 8. The lowest BCUT2D eigenvalue weighted by atomic mass is 10.0. The van der Waals surface area contributed by atoms with Crippen LogP contribution in [0.4, 0.5) is 0 Å². The first kappa shape index (κ1) is 122. The summed E-state index contributed by atoms with van der Waals surface area (Å²) in [7, 11) is 6.12. The van der Waals surface area contributed by atoms with Gasteiger partial charge < -0.3 is 71.7 Å². The summed E-state index contributed by atoms with van der Waals surface area (Å²) in [5, 5.41) is 49.0. The monoisotopic (exact) mass is 2090 g/mol. The molecule has 8 aromatic carbocycles. The molecule has 0 aliphatic carbocycles. The average Bonchev–Trinajstić information content (AvgIpc) is 1.77. The second kappa shape index (κ2) is 63.8. The van der Waals surface area contributed by atoms with E-state index in [9.17, 15) is 48.3 Å². The van der Waals surface area contributed by atoms with E-state index in [1.54, 1.807) is 87.6 Å². The van der Waals surface area contributed by atoms with E-state index in [1.807, 2.05) is 174 Å². The Morgan fingerprint density at radius 2 is 0.683 bits per heavy atom. The molecule has 0 bridgehead atoms. The molecule has 748 valence electrons. The van der Waals surface area contributed by atoms with Crippen LogP contribution in [0.2, 0.25) is 20.1 Å². The Morgan fingerprint density at radius 3 is 0.914 bits per heavy atom. The number of aromatic nitrogens is 2. The highest BCUT2D eigenvalue weighted by Crippen LogP contribution is 2.32. The van der Waals surface area contributed by atoms with E-state index >= 15 is 0 Å². The summed E-state index contributed by atoms with van der Waals surface area (Å²) in [6.45, 7) is 30.5. The molecule has 27 nitrogen and oxygen atoms in total. The summed E-state index contributed by atoms with van der Waals surface area (Å²) in [4.78, 5) is 112. The van der Waals surface area contributed by atoms with Crippen molar-refractivity contribution in [1.82, 2.24) is 52.7 Å². The van der Waals surface area contributed by atoms with Gasteiger partial charge in [0.25, 0.3) is 23.6 Å². The lowest BCUT2D eigenvalue weighted by molar-refractivity contribution is -0.123. The summed E-state index contributed by atoms with van der Waals surface area (Å²) in [5.74, 6) is 21.0. The number of hydrazine groups is 1. The largest absolute Gasteiger partial charge is 0.489 e. The van der Waals surface area contributed by atoms with Gasteiger partial charge in [-0.05, 0) is 217 Å². The van der Waals surface area contributed by atoms with Crippen LogP contribution in [0.3, 0.4) is 0 Å². The Kier molecular flexibility index (Phi) is 55.8. The minimum Gasteiger partial charge on any atom is -0.489 e. The molecule has 1 heterocycles. The number of carbonyl (C=O) groups excluding carboxylic acids is 9. The smallest absolute Gasteiger partial charge is 0.251 e. The van der Waals surface area contributed by atoms with Crippen molar-refractivity contribution < 1.29 is 72.3 Å². The number of benzene rings is 8. The molecule has 9 rings (SSSR count). The second-order valence-corrected chi connectivity index (χ2v) is 36.7. The van der Waals surface area contributed by atoms with Crippen LogP contribution in [0.1, 0.15) is 197 Å². The lowest BCUT2D eigenvalue weighted by Gasteiger charge is -2.18. The van der Waals surface area contributed by atoms with E-state index in [1.165, 1.54) is 39.3 Å². The number of nitrogens with zero attached hydrogens (tertiary/aromatic N) is 1. The molecule has 0 saturated heterocycles. The second-order valence-electron chi connectivity index (χ2n) is 33.4. The van der Waals surface area contributed by atoms with Crippen LogP contribution in [-0.2, 0) is 49.7 Å². The van der Waals surface area contributed by atoms with Gasteiger partial charge in [-0.25, -0.2) is 0 Å². The van der Waals surface area contributed by atoms with Crippen molar-refractivity contribution in [2.24, 2.45) is 29.4 Å². The maximum absolute atomic E-state index is 12.8. The first-order valence-corrected chi connectivity index (χ1v) is 48.0. The van der Waals surface area contributed by atoms with Crippen molar-refractivity contribution in [3.8, 4) is 70.3 Å². The SMILES string of the molecule is C#CC(O)C(C)C.CNC(=O)[C@H](Cc1ccc(-c2cc(C(C)C)[nH]n2)cc1)NC(=O)c1ccc(OC(C)C)c(Cl)c1.CNC(=O)[C@H](Cc1ccc(Br)cc1)NC(=O)c1ccc(OC(C)C)c(Cl)c1.CNC(=O)[C@H](Cc1ccc(C#CC(=O)C(C)C)cc1)NC(=O)c1ccc(OC(C)C)c(Cl)c1.CNC(=O)[C@H](Cc1ccc(C#CC(O)C(C)C)cc1)NC(=O)c1ccc(OC(C)C)c(Cl)c1.ClCCl.NN. The molecule has 8 amide bonds. The molecule has 139 heavy (non-hydrogen) atoms. The van der Waals surface area contributed by atoms with Crippen LogP contribution in [0.25, 0.3) is 11.3 Å². The highest BCUT2D eigenvalue weighted by Gasteiger charge is 2.28. The zero-order valence-corrected chi connectivity index (χ0v) is 88.0. The number of aliphatic hydroxyl groups is 2. The van der Waals surface area contributed by atoms with E-state index in [-0.39, 0.29) is 95.2 Å². The van der Waals surface area contributed by atoms with Crippen molar-refractivity contribution >= 4 is 139 Å². The molecular weight excluding hydrogens is 1960 g/mol. The fourth-order valence-corrected chi connectivity index (χ4v) is 13.0. The van der Waals surface area contributed by atoms with Crippen LogP contribution in [0.5, 0.6) is 23.0 Å². The van der Waals surface area contributed by atoms with Crippen molar-refractivity contribution in [2.45, 2.75) is 203 Å². The zero-order chi connectivity index (χ0) is 104. The number of alkyl halides is 2. The number of ketones is 1. The molecule has 6 atom stereocenters. The van der Waals surface area contributed by atoms with Gasteiger partial charge in [0.2, 0.25) is 29.4 Å². The summed E-state index contributed by atoms with van der Waals surface area (Å²) in [5.41, 5.74) is 9.30. The van der Waals surface area contributed by atoms with Gasteiger partial charge in [-0.1, -0.05) is 202 Å². The number of ether oxygens (including phenoxy) is 4. The third-order valence-electron chi connectivity index (χ3n) is 19.4. The number of hydrogen-bond acceptors (Lipinski definition) is 18. The maximum Gasteiger partial charge on any atom is 0.251 e. The predicted molar refractivity (Wildman–Crippen MR) is 559 cm³/mol. The molecule has 15 N–H and O–H groups in total. The van der Waals surface area contributed by atoms with E-state index < -0.39 is 48.2 Å². The van der Waals surface area contributed by atoms with Crippen molar-refractivity contribution in [3.63, 3.8) is 0 Å². The quantitative estimate of drug-likeness (QED) is 0.00786. The molecule has 0 spiro atoms. The maximum atomic E-state index is 12.8. The molecule has 34 heteroatoms. The van der Waals surface area contributed by atoms with Crippen LogP contribution in [0, 0.1) is 53.8 Å². The number of H-pyrrole nitrogens is 1. The van der Waals surface area contributed by atoms with E-state index in [4.69, 9.17) is 100 Å². The Balaban J connectivity index is 0.000000459. The number of nitrogens with one attached hydrogen (secondary N) is 9. The van der Waals surface area contributed by atoms with Gasteiger partial charge in [0.1, 0.15) is 59.4 Å². The molecule has 0 aliphatic heterocycles. The minimum absolute atomic E-state index is 0.0225. The number of aromatic amines is 1. The van der Waals surface area contributed by atoms with E-state index in [0.717, 1.165) is 49.2 Å². The Morgan fingerprint density at radius 1 is 0.410 bits per heavy atom. The predicted octanol–water partition coefficient (Wildman–Crippen LogP) is 17.0. The third kappa shape index (κ3) is 44.6. The number of likely N-dealkylation sites (N-methyl/N-ethyl adjacent to an activating group) is 4. The van der Waals surface area contributed by atoms with Crippen LogP contribution in [-0.4, -0.2) is 168 Å². The van der Waals surface area contributed by atoms with E-state index in [0.29, 0.717) is 96.1 Å². The number of Topliss-reactive ketones (excluding diaryl/α,β-unsaturated/α-hetero) is 1. The van der Waals surface area contributed by atoms with Crippen molar-refractivity contribution in [2.75, 3.05) is 33.5 Å². The van der Waals surface area contributed by atoms with Crippen LogP contribution >= 0.6 is 85.5 Å². The Labute approximate surface area is 855 Å². The number of hydrogen-bond donors (Lipinski definition) is 13. The van der Waals surface area contributed by atoms with Crippen LogP contribution in [0.15, 0.2) is 180 Å². The van der Waals surface area contributed by atoms with Crippen molar-refractivity contribution in [3.05, 3.63) is 262 Å². The number of terminal acetylenes is 1. The van der Waals surface area contributed by atoms with Crippen LogP contribution < -0.4 is 73.2 Å². The van der Waals surface area contributed by atoms with Gasteiger partial charge in [-0.15, -0.1) is 29.6 Å². The zero-order valence-electron chi connectivity index (χ0n) is 81.9. The number of halogens is 7. The van der Waals surface area contributed by atoms with Gasteiger partial charge in [0, 0.05) is 109 Å². The standard InChI is InChI=1S/C26H31ClN4O3.C26H31ClN2O4.C26H29ClN2O4.C20H22BrClN2O3.C6H10O.CH2Cl2.H4N2/c1-15(2)21-14-22(31-30-21)18-8-6-17(7-9-18)12-23(26(33)28-5)29-25(32)19-10-11-24(20(27)13-19)34-16(3)4;2*1-16(2)23(30)12-10-18-6-8-19(9-7-18)14-22(26(32)28-5)29-25(31)20-11-13-24(21(27)15-20)33-17(3)4;1-12(2)27-18-9-6-14(11-16(18)22)19(25)24-17(20(26)23-3)10-13-4-7-15(21)8-5-13;1-4-6(7)5(2)3;2-1-3;1-2/h6-11,13-16,23H,12H2,1-5H3,(H,28,33)(H,29,32)(H,30,31);6-9,11,13,15-17,22-23,30H,14H2,1-5H3,(H,28,32)(H,29,31);6-9,11,13,15-17,22H,14H2,1-5H3,(H,28,32)(H,29,31);4-9,11-12,17H,10H2,1-3H3,(H,23,26)(H,24,25);1,5-7H,2-3H3;1H2;1-2H2/t23-;22-,23?;22-;17-;;;/m0000.../s1. The fraction of sp³-hybridized carbons (Fsp3) is 0.371. The van der Waals surface area contributed by atoms with Gasteiger partial charge in [0.05, 0.1) is 55.5 Å². The van der Waals surface area contributed by atoms with E-state index in [2.05, 4.69) is 124 Å². The Bertz CT molecular complexity index is 5620. The minimum atomic E-state index is -0.785. The summed E-state index contributed by atoms with van der Waals surface area (Å²) < 4.78 is 23.3. The lowest BCUT2D eigenvalue weighted by Crippen LogP contribution is -2.47.